The third kappa shape index (κ3) is 5.09. The van der Waals surface area contributed by atoms with Crippen LogP contribution in [-0.4, -0.2) is 24.3 Å². The molecule has 0 aliphatic carbocycles. The molecular formula is C14H18ClNO4. The van der Waals surface area contributed by atoms with Crippen molar-refractivity contribution in [2.24, 2.45) is 0 Å². The molecule has 0 radical (unpaired) electrons. The fourth-order valence-corrected chi connectivity index (χ4v) is 1.59. The molecule has 1 aromatic rings. The Balaban J connectivity index is 2.86. The third-order valence-corrected chi connectivity index (χ3v) is 2.45. The highest BCUT2D eigenvalue weighted by atomic mass is 35.5. The highest BCUT2D eigenvalue weighted by molar-refractivity contribution is 6.33. The lowest BCUT2D eigenvalue weighted by atomic mass is 10.2. The Hall–Kier alpha value is -1.75. The topological polar surface area (TPSA) is 64.6 Å². The molecule has 0 atom stereocenters. The van der Waals surface area contributed by atoms with E-state index >= 15 is 0 Å². The summed E-state index contributed by atoms with van der Waals surface area (Å²) in [6.45, 7) is 6.97. The van der Waals surface area contributed by atoms with E-state index in [1.807, 2.05) is 0 Å². The number of benzene rings is 1. The minimum Gasteiger partial charge on any atom is -0.459 e. The monoisotopic (exact) mass is 299 g/mol. The predicted molar refractivity (Wildman–Crippen MR) is 77.2 cm³/mol. The van der Waals surface area contributed by atoms with Crippen molar-refractivity contribution in [3.8, 4) is 0 Å². The van der Waals surface area contributed by atoms with Crippen LogP contribution in [0.3, 0.4) is 0 Å². The number of halogens is 1. The average molecular weight is 300 g/mol. The van der Waals surface area contributed by atoms with Gasteiger partial charge in [-0.15, -0.1) is 0 Å². The van der Waals surface area contributed by atoms with Crippen LogP contribution in [0.4, 0.5) is 10.5 Å². The highest BCUT2D eigenvalue weighted by Crippen LogP contribution is 2.22. The normalized spacial score (nSPS) is 10.6. The smallest absolute Gasteiger partial charge is 0.411 e. The van der Waals surface area contributed by atoms with E-state index in [0.29, 0.717) is 5.69 Å². The molecule has 0 aromatic heterocycles. The van der Waals surface area contributed by atoms with E-state index in [1.54, 1.807) is 33.8 Å². The fraction of sp³-hybridized carbons (Fsp3) is 0.429. The number of hydrogen-bond donors (Lipinski definition) is 1. The van der Waals surface area contributed by atoms with Crippen LogP contribution in [0.25, 0.3) is 0 Å². The number of esters is 1. The lowest BCUT2D eigenvalue weighted by Crippen LogP contribution is -2.18. The summed E-state index contributed by atoms with van der Waals surface area (Å²) in [5.74, 6) is -0.536. The first-order chi connectivity index (χ1) is 9.29. The van der Waals surface area contributed by atoms with Crippen LogP contribution in [0.15, 0.2) is 18.2 Å². The molecule has 0 bridgehead atoms. The van der Waals surface area contributed by atoms with E-state index in [-0.39, 0.29) is 22.8 Å². The molecule has 6 heteroatoms. The zero-order chi connectivity index (χ0) is 15.3. The summed E-state index contributed by atoms with van der Waals surface area (Å²) in [5, 5.41) is 2.78. The Morgan fingerprint density at radius 1 is 1.10 bits per heavy atom. The molecule has 0 saturated heterocycles. The van der Waals surface area contributed by atoms with Gasteiger partial charge in [-0.2, -0.15) is 0 Å². The molecule has 110 valence electrons. The second kappa shape index (κ2) is 7.14. The second-order valence-corrected chi connectivity index (χ2v) is 5.13. The molecule has 20 heavy (non-hydrogen) atoms. The summed E-state index contributed by atoms with van der Waals surface area (Å²) < 4.78 is 10.0. The maximum atomic E-state index is 11.8. The minimum atomic E-state index is -0.592. The molecule has 1 aromatic carbocycles. The second-order valence-electron chi connectivity index (χ2n) is 4.73. The number of amides is 1. The molecule has 0 saturated carbocycles. The summed E-state index contributed by atoms with van der Waals surface area (Å²) in [4.78, 5) is 23.3. The van der Waals surface area contributed by atoms with Crippen LogP contribution in [-0.2, 0) is 9.47 Å². The first-order valence-electron chi connectivity index (χ1n) is 6.27. The van der Waals surface area contributed by atoms with Crippen LogP contribution in [0.2, 0.25) is 5.02 Å². The summed E-state index contributed by atoms with van der Waals surface area (Å²) >= 11 is 5.95. The zero-order valence-electron chi connectivity index (χ0n) is 11.9. The minimum absolute atomic E-state index is 0.197. The van der Waals surface area contributed by atoms with Gasteiger partial charge in [0, 0.05) is 5.69 Å². The number of carbonyl (C=O) groups excluding carboxylic acids is 2. The van der Waals surface area contributed by atoms with Crippen LogP contribution in [0.5, 0.6) is 0 Å². The van der Waals surface area contributed by atoms with E-state index < -0.39 is 12.1 Å². The number of ether oxygens (including phenoxy) is 2. The number of nitrogens with one attached hydrogen (secondary N) is 1. The van der Waals surface area contributed by atoms with E-state index in [4.69, 9.17) is 21.1 Å². The Morgan fingerprint density at radius 3 is 2.25 bits per heavy atom. The molecule has 0 aliphatic rings. The largest absolute Gasteiger partial charge is 0.459 e. The first kappa shape index (κ1) is 16.3. The molecular weight excluding hydrogens is 282 g/mol. The Labute approximate surface area is 123 Å². The van der Waals surface area contributed by atoms with Crippen molar-refractivity contribution in [3.63, 3.8) is 0 Å². The van der Waals surface area contributed by atoms with Gasteiger partial charge in [-0.05, 0) is 45.9 Å². The van der Waals surface area contributed by atoms with E-state index in [0.717, 1.165) is 0 Å². The lowest BCUT2D eigenvalue weighted by molar-refractivity contribution is 0.0378. The highest BCUT2D eigenvalue weighted by Gasteiger charge is 2.15. The van der Waals surface area contributed by atoms with Crippen LogP contribution in [0.1, 0.15) is 38.1 Å². The molecule has 1 N–H and O–H groups in total. The number of anilines is 1. The van der Waals surface area contributed by atoms with Crippen LogP contribution >= 0.6 is 11.6 Å². The Kier molecular flexibility index (Phi) is 5.82. The Morgan fingerprint density at radius 2 is 1.70 bits per heavy atom. The van der Waals surface area contributed by atoms with Crippen LogP contribution in [0, 0.1) is 0 Å². The summed E-state index contributed by atoms with van der Waals surface area (Å²) in [6, 6.07) is 4.55. The molecule has 0 unspecified atom stereocenters. The fourth-order valence-electron chi connectivity index (χ4n) is 1.40. The maximum absolute atomic E-state index is 11.8. The van der Waals surface area contributed by atoms with Gasteiger partial charge in [0.25, 0.3) is 0 Å². The van der Waals surface area contributed by atoms with Gasteiger partial charge in [0.2, 0.25) is 0 Å². The van der Waals surface area contributed by atoms with Crippen molar-refractivity contribution in [2.45, 2.75) is 39.9 Å². The maximum Gasteiger partial charge on any atom is 0.411 e. The number of hydrogen-bond acceptors (Lipinski definition) is 4. The first-order valence-corrected chi connectivity index (χ1v) is 6.65. The van der Waals surface area contributed by atoms with Gasteiger partial charge in [-0.3, -0.25) is 5.32 Å². The van der Waals surface area contributed by atoms with Gasteiger partial charge < -0.3 is 9.47 Å². The third-order valence-electron chi connectivity index (χ3n) is 2.12. The molecule has 0 spiro atoms. The van der Waals surface area contributed by atoms with Crippen molar-refractivity contribution in [2.75, 3.05) is 5.32 Å². The van der Waals surface area contributed by atoms with Gasteiger partial charge in [-0.1, -0.05) is 11.6 Å². The molecule has 0 fully saturated rings. The van der Waals surface area contributed by atoms with Gasteiger partial charge in [0.15, 0.2) is 0 Å². The van der Waals surface area contributed by atoms with Crippen molar-refractivity contribution >= 4 is 29.4 Å². The lowest BCUT2D eigenvalue weighted by Gasteiger charge is -2.12. The number of rotatable bonds is 4. The summed E-state index contributed by atoms with van der Waals surface area (Å²) in [6.07, 6.45) is -1.07. The van der Waals surface area contributed by atoms with E-state index in [9.17, 15) is 9.59 Å². The average Bonchev–Trinajstić information content (AvgIpc) is 2.29. The zero-order valence-corrected chi connectivity index (χ0v) is 12.7. The Bertz CT molecular complexity index is 500. The van der Waals surface area contributed by atoms with Gasteiger partial charge in [0.1, 0.15) is 0 Å². The van der Waals surface area contributed by atoms with Gasteiger partial charge in [-0.25, -0.2) is 9.59 Å². The predicted octanol–water partition coefficient (Wildman–Crippen LogP) is 3.86. The summed E-state index contributed by atoms with van der Waals surface area (Å²) in [7, 11) is 0. The van der Waals surface area contributed by atoms with Crippen molar-refractivity contribution < 1.29 is 19.1 Å². The van der Waals surface area contributed by atoms with Crippen LogP contribution < -0.4 is 5.32 Å². The van der Waals surface area contributed by atoms with Crippen molar-refractivity contribution in [1.82, 2.24) is 0 Å². The van der Waals surface area contributed by atoms with Crippen molar-refractivity contribution in [1.29, 1.82) is 0 Å². The molecule has 5 nitrogen and oxygen atoms in total. The molecule has 0 aliphatic heterocycles. The molecule has 1 rings (SSSR count). The quantitative estimate of drug-likeness (QED) is 0.857. The number of carbonyl (C=O) groups is 2. The molecule has 1 amide bonds. The summed E-state index contributed by atoms with van der Waals surface area (Å²) in [5.41, 5.74) is 0.610. The van der Waals surface area contributed by atoms with Gasteiger partial charge in [0.05, 0.1) is 22.8 Å². The molecule has 0 heterocycles. The van der Waals surface area contributed by atoms with Crippen molar-refractivity contribution in [3.05, 3.63) is 28.8 Å². The van der Waals surface area contributed by atoms with E-state index in [1.165, 1.54) is 12.1 Å². The van der Waals surface area contributed by atoms with E-state index in [2.05, 4.69) is 5.32 Å². The van der Waals surface area contributed by atoms with Gasteiger partial charge >= 0.3 is 12.1 Å². The standard InChI is InChI=1S/C14H18ClNO4/c1-8(2)19-13(17)11-7-10(5-6-12(11)15)16-14(18)20-9(3)4/h5-9H,1-4H3,(H,16,18). The SMILES string of the molecule is CC(C)OC(=O)Nc1ccc(Cl)c(C(=O)OC(C)C)c1.